The highest BCUT2D eigenvalue weighted by atomic mass is 16.6. The number of carboxylic acid groups (broad SMARTS) is 1. The van der Waals surface area contributed by atoms with Crippen molar-refractivity contribution in [2.24, 2.45) is 0 Å². The van der Waals surface area contributed by atoms with E-state index < -0.39 is 41.0 Å². The van der Waals surface area contributed by atoms with Crippen LogP contribution in [-0.2, 0) is 14.4 Å². The molecule has 1 aliphatic rings. The molecule has 0 spiro atoms. The number of aliphatic carboxylic acids is 1. The number of ketones is 1. The number of carboxylic acids is 1. The number of nitro groups is 1. The van der Waals surface area contributed by atoms with Crippen LogP contribution in [0.5, 0.6) is 5.75 Å². The third-order valence-electron chi connectivity index (χ3n) is 5.37. The van der Waals surface area contributed by atoms with Crippen molar-refractivity contribution in [1.82, 2.24) is 0 Å². The van der Waals surface area contributed by atoms with Gasteiger partial charge in [0.25, 0.3) is 17.4 Å². The van der Waals surface area contributed by atoms with E-state index in [1.807, 2.05) is 0 Å². The lowest BCUT2D eigenvalue weighted by molar-refractivity contribution is -0.384. The second kappa shape index (κ2) is 9.48. The molecule has 0 unspecified atom stereocenters. The molecule has 10 nitrogen and oxygen atoms in total. The van der Waals surface area contributed by atoms with Crippen molar-refractivity contribution in [2.75, 3.05) is 11.5 Å². The number of rotatable bonds is 7. The van der Waals surface area contributed by atoms with Gasteiger partial charge in [-0.25, -0.2) is 4.79 Å². The maximum absolute atomic E-state index is 13.1. The molecule has 1 heterocycles. The van der Waals surface area contributed by atoms with Crippen LogP contribution in [0.4, 0.5) is 11.4 Å². The molecule has 10 heteroatoms. The lowest BCUT2D eigenvalue weighted by Crippen LogP contribution is -2.29. The molecule has 1 aliphatic heterocycles. The summed E-state index contributed by atoms with van der Waals surface area (Å²) in [6.07, 6.45) is 0. The van der Waals surface area contributed by atoms with Gasteiger partial charge in [0, 0.05) is 23.4 Å². The Hall–Kier alpha value is -4.99. The van der Waals surface area contributed by atoms with Gasteiger partial charge in [-0.2, -0.15) is 0 Å². The molecule has 0 radical (unpaired) electrons. The predicted molar refractivity (Wildman–Crippen MR) is 124 cm³/mol. The van der Waals surface area contributed by atoms with Gasteiger partial charge in [0.15, 0.2) is 6.61 Å². The molecular formula is C25H18N2O8. The van der Waals surface area contributed by atoms with Crippen molar-refractivity contribution in [3.05, 3.63) is 106 Å². The summed E-state index contributed by atoms with van der Waals surface area (Å²) in [5.41, 5.74) is 0.344. The standard InChI is InChI=1S/C25H18N2O8/c28-20(29)14-35-19-11-9-17(10-12-19)26-22(16-7-4-8-18(13-16)27(33)34)21(24(31)25(26)32)23(30)15-5-2-1-3-6-15/h1-13,22,30H,14H2,(H,28,29)/t22-/m1/s1. The summed E-state index contributed by atoms with van der Waals surface area (Å²) >= 11 is 0. The number of aliphatic hydroxyl groups is 1. The lowest BCUT2D eigenvalue weighted by atomic mass is 9.95. The van der Waals surface area contributed by atoms with Crippen molar-refractivity contribution in [3.8, 4) is 5.75 Å². The van der Waals surface area contributed by atoms with E-state index in [9.17, 15) is 29.6 Å². The number of hydrogen-bond acceptors (Lipinski definition) is 7. The summed E-state index contributed by atoms with van der Waals surface area (Å²) in [6.45, 7) is -0.561. The molecule has 0 aromatic heterocycles. The van der Waals surface area contributed by atoms with Crippen molar-refractivity contribution >= 4 is 34.8 Å². The maximum atomic E-state index is 13.1. The number of Topliss-reactive ketones (excluding diaryl/α,β-unsaturated/α-hetero) is 1. The highest BCUT2D eigenvalue weighted by Gasteiger charge is 2.47. The summed E-state index contributed by atoms with van der Waals surface area (Å²) in [5.74, 6) is -3.23. The largest absolute Gasteiger partial charge is 0.507 e. The SMILES string of the molecule is O=C(O)COc1ccc(N2C(=O)C(=O)C(=C(O)c3ccccc3)[C@H]2c2cccc([N+](=O)[O-])c2)cc1. The Balaban J connectivity index is 1.86. The molecule has 2 N–H and O–H groups in total. The number of nitro benzene ring substituents is 1. The fraction of sp³-hybridized carbons (Fsp3) is 0.0800. The number of non-ortho nitro benzene ring substituents is 1. The van der Waals surface area contributed by atoms with Gasteiger partial charge in [-0.3, -0.25) is 24.6 Å². The van der Waals surface area contributed by atoms with Gasteiger partial charge in [-0.15, -0.1) is 0 Å². The zero-order valence-electron chi connectivity index (χ0n) is 18.0. The molecule has 35 heavy (non-hydrogen) atoms. The van der Waals surface area contributed by atoms with Crippen molar-refractivity contribution < 1.29 is 34.3 Å². The highest BCUT2D eigenvalue weighted by Crippen LogP contribution is 2.43. The molecule has 0 saturated carbocycles. The first-order valence-electron chi connectivity index (χ1n) is 10.3. The molecule has 176 valence electrons. The number of hydrogen-bond donors (Lipinski definition) is 2. The Bertz CT molecular complexity index is 1350. The average molecular weight is 474 g/mol. The van der Waals surface area contributed by atoms with Crippen LogP contribution in [0, 0.1) is 10.1 Å². The fourth-order valence-corrected chi connectivity index (χ4v) is 3.82. The third kappa shape index (κ3) is 4.58. The van der Waals surface area contributed by atoms with Crippen LogP contribution in [0.15, 0.2) is 84.4 Å². The van der Waals surface area contributed by atoms with Gasteiger partial charge in [0.1, 0.15) is 11.5 Å². The van der Waals surface area contributed by atoms with E-state index in [0.29, 0.717) is 5.56 Å². The molecule has 3 aromatic carbocycles. The van der Waals surface area contributed by atoms with Crippen LogP contribution >= 0.6 is 0 Å². The first-order valence-corrected chi connectivity index (χ1v) is 10.3. The average Bonchev–Trinajstić information content (AvgIpc) is 3.13. The molecule has 1 atom stereocenters. The fourth-order valence-electron chi connectivity index (χ4n) is 3.82. The predicted octanol–water partition coefficient (Wildman–Crippen LogP) is 3.68. The van der Waals surface area contributed by atoms with E-state index in [1.165, 1.54) is 48.5 Å². The Labute approximate surface area is 198 Å². The third-order valence-corrected chi connectivity index (χ3v) is 5.37. The summed E-state index contributed by atoms with van der Waals surface area (Å²) in [4.78, 5) is 48.9. The molecule has 3 aromatic rings. The Morgan fingerprint density at radius 3 is 2.29 bits per heavy atom. The van der Waals surface area contributed by atoms with Crippen LogP contribution in [-0.4, -0.2) is 39.4 Å². The van der Waals surface area contributed by atoms with E-state index in [1.54, 1.807) is 30.3 Å². The van der Waals surface area contributed by atoms with Crippen LogP contribution in [0.25, 0.3) is 5.76 Å². The second-order valence-electron chi connectivity index (χ2n) is 7.56. The highest BCUT2D eigenvalue weighted by molar-refractivity contribution is 6.51. The number of carbonyl (C=O) groups is 3. The summed E-state index contributed by atoms with van der Waals surface area (Å²) in [6, 6.07) is 18.3. The maximum Gasteiger partial charge on any atom is 0.341 e. The van der Waals surface area contributed by atoms with Crippen LogP contribution in [0.2, 0.25) is 0 Å². The van der Waals surface area contributed by atoms with E-state index in [2.05, 4.69) is 0 Å². The molecule has 1 fully saturated rings. The molecule has 4 rings (SSSR count). The summed E-state index contributed by atoms with van der Waals surface area (Å²) in [5, 5.41) is 31.2. The number of amides is 1. The van der Waals surface area contributed by atoms with Gasteiger partial charge in [0.2, 0.25) is 0 Å². The topological polar surface area (TPSA) is 147 Å². The van der Waals surface area contributed by atoms with Gasteiger partial charge >= 0.3 is 5.97 Å². The lowest BCUT2D eigenvalue weighted by Gasteiger charge is -2.25. The van der Waals surface area contributed by atoms with E-state index in [0.717, 1.165) is 4.90 Å². The van der Waals surface area contributed by atoms with Crippen molar-refractivity contribution in [2.45, 2.75) is 6.04 Å². The number of anilines is 1. The van der Waals surface area contributed by atoms with E-state index in [4.69, 9.17) is 9.84 Å². The number of aliphatic hydroxyl groups excluding tert-OH is 1. The van der Waals surface area contributed by atoms with Crippen LogP contribution in [0.1, 0.15) is 17.2 Å². The van der Waals surface area contributed by atoms with Crippen LogP contribution in [0.3, 0.4) is 0 Å². The Morgan fingerprint density at radius 2 is 1.66 bits per heavy atom. The minimum atomic E-state index is -1.16. The first-order chi connectivity index (χ1) is 16.8. The normalized spacial score (nSPS) is 16.8. The summed E-state index contributed by atoms with van der Waals surface area (Å²) < 4.78 is 5.11. The molecule has 0 aliphatic carbocycles. The zero-order chi connectivity index (χ0) is 25.1. The van der Waals surface area contributed by atoms with Crippen molar-refractivity contribution in [3.63, 3.8) is 0 Å². The number of nitrogens with zero attached hydrogens (tertiary/aromatic N) is 2. The van der Waals surface area contributed by atoms with E-state index in [-0.39, 0.29) is 28.3 Å². The minimum Gasteiger partial charge on any atom is -0.507 e. The van der Waals surface area contributed by atoms with Gasteiger partial charge in [0.05, 0.1) is 16.5 Å². The van der Waals surface area contributed by atoms with Gasteiger partial charge < -0.3 is 14.9 Å². The Kier molecular flexibility index (Phi) is 6.27. The van der Waals surface area contributed by atoms with Gasteiger partial charge in [-0.05, 0) is 29.8 Å². The molecular weight excluding hydrogens is 456 g/mol. The smallest absolute Gasteiger partial charge is 0.341 e. The van der Waals surface area contributed by atoms with Crippen LogP contribution < -0.4 is 9.64 Å². The molecule has 1 saturated heterocycles. The number of benzene rings is 3. The molecule has 1 amide bonds. The Morgan fingerprint density at radius 1 is 0.971 bits per heavy atom. The monoisotopic (exact) mass is 474 g/mol. The van der Waals surface area contributed by atoms with Gasteiger partial charge in [-0.1, -0.05) is 42.5 Å². The number of ether oxygens (including phenoxy) is 1. The minimum absolute atomic E-state index is 0.215. The first kappa shape index (κ1) is 23.2. The number of carbonyl (C=O) groups excluding carboxylic acids is 2. The zero-order valence-corrected chi connectivity index (χ0v) is 18.0. The quantitative estimate of drug-likeness (QED) is 0.173. The van der Waals surface area contributed by atoms with Crippen molar-refractivity contribution in [1.29, 1.82) is 0 Å². The van der Waals surface area contributed by atoms with E-state index >= 15 is 0 Å². The summed E-state index contributed by atoms with van der Waals surface area (Å²) in [7, 11) is 0. The second-order valence-corrected chi connectivity index (χ2v) is 7.56. The molecule has 0 bridgehead atoms.